The van der Waals surface area contributed by atoms with Gasteiger partial charge in [-0.3, -0.25) is 4.79 Å². The molecule has 0 spiro atoms. The largest absolute Gasteiger partial charge is 0.474 e. The van der Waals surface area contributed by atoms with E-state index in [0.29, 0.717) is 17.8 Å². The van der Waals surface area contributed by atoms with E-state index in [-0.39, 0.29) is 22.8 Å². The number of ether oxygens (including phenoxy) is 1. The Morgan fingerprint density at radius 2 is 2.00 bits per heavy atom. The van der Waals surface area contributed by atoms with Gasteiger partial charge in [0, 0.05) is 12.3 Å². The summed E-state index contributed by atoms with van der Waals surface area (Å²) in [4.78, 5) is 11.0. The van der Waals surface area contributed by atoms with Gasteiger partial charge in [-0.05, 0) is 78.6 Å². The summed E-state index contributed by atoms with van der Waals surface area (Å²) >= 11 is 0. The van der Waals surface area contributed by atoms with E-state index >= 15 is 0 Å². The minimum absolute atomic E-state index is 0.0810. The average Bonchev–Trinajstić information content (AvgIpc) is 2.99. The molecule has 0 aromatic rings. The van der Waals surface area contributed by atoms with Crippen LogP contribution in [0.2, 0.25) is 0 Å². The van der Waals surface area contributed by atoms with Crippen LogP contribution in [0.5, 0.6) is 0 Å². The molecule has 0 aromatic carbocycles. The molecule has 4 heteroatoms. The van der Waals surface area contributed by atoms with Gasteiger partial charge in [-0.15, -0.1) is 0 Å². The van der Waals surface area contributed by atoms with Crippen molar-refractivity contribution in [2.75, 3.05) is 0 Å². The number of hydrogen-bond donors (Lipinski definition) is 2. The summed E-state index contributed by atoms with van der Waals surface area (Å²) in [6.45, 7) is 11.1. The Bertz CT molecular complexity index is 572. The Balaban J connectivity index is 1.84. The summed E-state index contributed by atoms with van der Waals surface area (Å²) < 4.78 is 6.72. The van der Waals surface area contributed by atoms with E-state index in [1.807, 2.05) is 0 Å². The van der Waals surface area contributed by atoms with E-state index in [0.717, 1.165) is 19.3 Å². The van der Waals surface area contributed by atoms with Gasteiger partial charge in [0.2, 0.25) is 6.41 Å². The van der Waals surface area contributed by atoms with Crippen molar-refractivity contribution in [3.8, 4) is 0 Å². The maximum Gasteiger partial charge on any atom is 0.207 e. The third-order valence-electron chi connectivity index (χ3n) is 7.90. The molecule has 1 saturated carbocycles. The molecule has 3 N–H and O–H groups in total. The molecule has 1 amide bonds. The first kappa shape index (κ1) is 19.9. The van der Waals surface area contributed by atoms with Gasteiger partial charge in [-0.2, -0.15) is 7.05 Å². The summed E-state index contributed by atoms with van der Waals surface area (Å²) in [5.74, 6) is 1.79. The molecular formula is C22H38N2O2. The predicted octanol–water partition coefficient (Wildman–Crippen LogP) is 2.94. The molecule has 4 nitrogen and oxygen atoms in total. The molecule has 1 saturated heterocycles. The molecule has 148 valence electrons. The lowest BCUT2D eigenvalue weighted by atomic mass is 9.56. The van der Waals surface area contributed by atoms with Gasteiger partial charge >= 0.3 is 0 Å². The first-order chi connectivity index (χ1) is 12.1. The van der Waals surface area contributed by atoms with Crippen LogP contribution >= 0.6 is 0 Å². The Kier molecular flexibility index (Phi) is 5.31. The Morgan fingerprint density at radius 1 is 1.27 bits per heavy atom. The van der Waals surface area contributed by atoms with E-state index in [9.17, 15) is 4.79 Å². The molecule has 2 fully saturated rings. The standard InChI is InChI=1S/C22H38N2O2/c1-15-7-8-17-16(13-15)18(9-11-21(17,4)23-6)22(5)12-10-19(26-22)20(2,3)24-14-25/h13-14,16-19H,6-12,23H2,1-5H3,(H,24,25). The fraction of sp³-hybridized carbons (Fsp3) is 0.818. The van der Waals surface area contributed by atoms with E-state index in [4.69, 9.17) is 4.74 Å². The number of quaternary nitrogens is 1. The molecule has 0 bridgehead atoms. The first-order valence-corrected chi connectivity index (χ1v) is 10.4. The van der Waals surface area contributed by atoms with Crippen molar-refractivity contribution in [1.29, 1.82) is 0 Å². The number of hydrogen-bond acceptors (Lipinski definition) is 2. The summed E-state index contributed by atoms with van der Waals surface area (Å²) in [6.07, 6.45) is 10.4. The first-order valence-electron chi connectivity index (χ1n) is 10.4. The number of allylic oxidation sites excluding steroid dienone is 2. The second kappa shape index (κ2) is 6.94. The molecule has 1 aliphatic heterocycles. The molecular weight excluding hydrogens is 324 g/mol. The molecule has 1 heterocycles. The normalized spacial score (nSPS) is 43.5. The van der Waals surface area contributed by atoms with Crippen molar-refractivity contribution in [3.05, 3.63) is 18.7 Å². The lowest BCUT2D eigenvalue weighted by Gasteiger charge is -2.53. The van der Waals surface area contributed by atoms with Crippen molar-refractivity contribution in [3.63, 3.8) is 0 Å². The summed E-state index contributed by atoms with van der Waals surface area (Å²) in [7, 11) is 4.18. The smallest absolute Gasteiger partial charge is 0.207 e. The van der Waals surface area contributed by atoms with E-state index in [1.165, 1.54) is 31.3 Å². The van der Waals surface area contributed by atoms with Gasteiger partial charge in [0.15, 0.2) is 0 Å². The molecule has 3 rings (SSSR count). The van der Waals surface area contributed by atoms with Crippen LogP contribution in [0.4, 0.5) is 0 Å². The second-order valence-electron chi connectivity index (χ2n) is 10.0. The average molecular weight is 363 g/mol. The maximum absolute atomic E-state index is 11.0. The topological polar surface area (TPSA) is 54.9 Å². The highest BCUT2D eigenvalue weighted by Crippen LogP contribution is 2.53. The van der Waals surface area contributed by atoms with Crippen LogP contribution in [0.1, 0.15) is 73.1 Å². The minimum Gasteiger partial charge on any atom is -0.474 e. The fourth-order valence-corrected chi connectivity index (χ4v) is 5.97. The number of rotatable bonds is 5. The second-order valence-corrected chi connectivity index (χ2v) is 10.0. The summed E-state index contributed by atoms with van der Waals surface area (Å²) in [6, 6.07) is 0. The SMILES string of the molecule is [CH2-][NH2+]C1(C)CCC(C2(C)CCC(C(C)(C)NC=O)O2)C2C=C(C)CCC21. The van der Waals surface area contributed by atoms with Gasteiger partial charge < -0.3 is 15.4 Å². The number of amides is 1. The highest BCUT2D eigenvalue weighted by atomic mass is 16.5. The predicted molar refractivity (Wildman–Crippen MR) is 104 cm³/mol. The lowest BCUT2D eigenvalue weighted by molar-refractivity contribution is -0.687. The zero-order chi connectivity index (χ0) is 19.2. The van der Waals surface area contributed by atoms with E-state index in [1.54, 1.807) is 0 Å². The molecule has 26 heavy (non-hydrogen) atoms. The molecule has 0 radical (unpaired) electrons. The summed E-state index contributed by atoms with van der Waals surface area (Å²) in [5.41, 5.74) is 1.35. The van der Waals surface area contributed by atoms with Crippen molar-refractivity contribution in [1.82, 2.24) is 5.32 Å². The molecule has 0 aromatic heterocycles. The Labute approximate surface area is 159 Å². The van der Waals surface area contributed by atoms with Crippen molar-refractivity contribution in [2.45, 2.75) is 95.9 Å². The molecule has 2 aliphatic carbocycles. The lowest BCUT2D eigenvalue weighted by Crippen LogP contribution is -2.94. The molecule has 6 unspecified atom stereocenters. The van der Waals surface area contributed by atoms with Crippen LogP contribution in [0, 0.1) is 24.8 Å². The van der Waals surface area contributed by atoms with Crippen molar-refractivity contribution >= 4 is 6.41 Å². The van der Waals surface area contributed by atoms with Gasteiger partial charge in [0.05, 0.1) is 22.8 Å². The van der Waals surface area contributed by atoms with Gasteiger partial charge in [0.1, 0.15) is 0 Å². The monoisotopic (exact) mass is 362 g/mol. The van der Waals surface area contributed by atoms with Gasteiger partial charge in [0.25, 0.3) is 0 Å². The third-order valence-corrected chi connectivity index (χ3v) is 7.90. The Morgan fingerprint density at radius 3 is 2.65 bits per heavy atom. The van der Waals surface area contributed by atoms with Crippen LogP contribution in [0.15, 0.2) is 11.6 Å². The number of carbonyl (C=O) groups is 1. The minimum atomic E-state index is -0.318. The zero-order valence-electron chi connectivity index (χ0n) is 17.3. The van der Waals surface area contributed by atoms with E-state index in [2.05, 4.69) is 58.4 Å². The highest BCUT2D eigenvalue weighted by Gasteiger charge is 2.55. The Hall–Kier alpha value is -0.870. The highest BCUT2D eigenvalue weighted by molar-refractivity contribution is 5.48. The number of nitrogens with two attached hydrogens (primary N) is 1. The third kappa shape index (κ3) is 3.35. The fourth-order valence-electron chi connectivity index (χ4n) is 5.97. The van der Waals surface area contributed by atoms with Crippen LogP contribution in [-0.4, -0.2) is 29.2 Å². The van der Waals surface area contributed by atoms with Gasteiger partial charge in [-0.1, -0.05) is 11.6 Å². The van der Waals surface area contributed by atoms with Crippen LogP contribution < -0.4 is 10.6 Å². The van der Waals surface area contributed by atoms with Gasteiger partial charge in [-0.25, -0.2) is 0 Å². The quantitative estimate of drug-likeness (QED) is 0.449. The zero-order valence-corrected chi connectivity index (χ0v) is 17.3. The number of nitrogens with one attached hydrogen (secondary N) is 1. The number of carbonyl (C=O) groups excluding carboxylic acids is 1. The summed E-state index contributed by atoms with van der Waals surface area (Å²) in [5, 5.41) is 5.17. The number of fused-ring (bicyclic) bond motifs is 1. The molecule has 3 aliphatic rings. The maximum atomic E-state index is 11.0. The van der Waals surface area contributed by atoms with E-state index < -0.39 is 0 Å². The van der Waals surface area contributed by atoms with Crippen molar-refractivity contribution in [2.24, 2.45) is 17.8 Å². The van der Waals surface area contributed by atoms with Crippen LogP contribution in [0.25, 0.3) is 0 Å². The van der Waals surface area contributed by atoms with Crippen LogP contribution in [0.3, 0.4) is 0 Å². The molecule has 6 atom stereocenters. The van der Waals surface area contributed by atoms with Crippen molar-refractivity contribution < 1.29 is 14.8 Å². The van der Waals surface area contributed by atoms with Crippen LogP contribution in [-0.2, 0) is 9.53 Å².